The van der Waals surface area contributed by atoms with Crippen molar-refractivity contribution < 1.29 is 4.48 Å². The van der Waals surface area contributed by atoms with Crippen molar-refractivity contribution in [3.8, 4) is 0 Å². The van der Waals surface area contributed by atoms with Gasteiger partial charge in [-0.2, -0.15) is 19.0 Å². The normalized spacial score (nSPS) is 12.4. The Morgan fingerprint density at radius 3 is 1.23 bits per heavy atom. The van der Waals surface area contributed by atoms with Gasteiger partial charge in [0.15, 0.2) is 0 Å². The summed E-state index contributed by atoms with van der Waals surface area (Å²) in [5.41, 5.74) is -0.208. The van der Waals surface area contributed by atoms with Crippen molar-refractivity contribution in [2.75, 3.05) is 26.2 Å². The smallest absolute Gasteiger partial charge is 0.0757 e. The molecule has 1 nitrogen and oxygen atoms in total. The quantitative estimate of drug-likeness (QED) is 0.187. The van der Waals surface area contributed by atoms with E-state index >= 15 is 0 Å². The summed E-state index contributed by atoms with van der Waals surface area (Å²) < 4.78 is 1.28. The summed E-state index contributed by atoms with van der Waals surface area (Å²) in [5, 5.41) is 1.69. The maximum atomic E-state index is 2.67. The third-order valence-electron chi connectivity index (χ3n) is 9.06. The maximum Gasteiger partial charge on any atom is 0.0757 e. The van der Waals surface area contributed by atoms with Crippen molar-refractivity contribution in [1.29, 1.82) is 0 Å². The molecular formula is C28H58BNSi. The van der Waals surface area contributed by atoms with Gasteiger partial charge in [0, 0.05) is 5.74 Å². The highest BCUT2D eigenvalue weighted by molar-refractivity contribution is 7.46. The first-order valence-corrected chi connectivity index (χ1v) is 17.0. The highest BCUT2D eigenvalue weighted by Gasteiger charge is 2.39. The Morgan fingerprint density at radius 1 is 0.613 bits per heavy atom. The van der Waals surface area contributed by atoms with E-state index in [0.29, 0.717) is 0 Å². The van der Waals surface area contributed by atoms with Gasteiger partial charge in [0.1, 0.15) is 0 Å². The van der Waals surface area contributed by atoms with Crippen molar-refractivity contribution in [2.45, 2.75) is 119 Å². The van der Waals surface area contributed by atoms with Crippen LogP contribution >= 0.6 is 0 Å². The van der Waals surface area contributed by atoms with Crippen molar-refractivity contribution in [3.63, 3.8) is 0 Å². The fraction of sp³-hybridized carbons (Fsp3) is 0.786. The Labute approximate surface area is 198 Å². The molecule has 0 aliphatic rings. The van der Waals surface area contributed by atoms with E-state index in [1.165, 1.54) is 88.1 Å². The molecule has 182 valence electrons. The van der Waals surface area contributed by atoms with E-state index in [1.54, 1.807) is 5.19 Å². The van der Waals surface area contributed by atoms with E-state index in [0.717, 1.165) is 0 Å². The van der Waals surface area contributed by atoms with Crippen molar-refractivity contribution >= 4 is 18.9 Å². The second kappa shape index (κ2) is 16.1. The van der Waals surface area contributed by atoms with Crippen LogP contribution in [0.2, 0.25) is 32.1 Å². The summed E-state index contributed by atoms with van der Waals surface area (Å²) in [6, 6.07) is 11.5. The lowest BCUT2D eigenvalue weighted by Gasteiger charge is -2.53. The summed E-state index contributed by atoms with van der Waals surface area (Å²) in [4.78, 5) is 0. The lowest BCUT2D eigenvalue weighted by atomic mass is 9.38. The van der Waals surface area contributed by atoms with Crippen LogP contribution in [0.25, 0.3) is 0 Å². The number of unbranched alkanes of at least 4 members (excludes halogenated alkanes) is 3. The second-order valence-electron chi connectivity index (χ2n) is 10.6. The molecule has 3 heteroatoms. The fourth-order valence-electron chi connectivity index (χ4n) is 5.86. The van der Waals surface area contributed by atoms with Crippen LogP contribution in [0.5, 0.6) is 0 Å². The van der Waals surface area contributed by atoms with Gasteiger partial charge in [-0.15, -0.1) is 0 Å². The third-order valence-corrected chi connectivity index (χ3v) is 14.8. The van der Waals surface area contributed by atoms with Crippen LogP contribution in [0.15, 0.2) is 30.3 Å². The Morgan fingerprint density at radius 2 is 0.968 bits per heavy atom. The largest absolute Gasteiger partial charge is 0.325 e. The molecule has 0 aliphatic heterocycles. The van der Waals surface area contributed by atoms with E-state index in [-0.39, 0.29) is 5.74 Å². The minimum Gasteiger partial charge on any atom is -0.325 e. The van der Waals surface area contributed by atoms with Crippen LogP contribution in [0.3, 0.4) is 0 Å². The molecular weight excluding hydrogens is 389 g/mol. The number of hydrogen-bond donors (Lipinski definition) is 0. The third kappa shape index (κ3) is 9.08. The molecule has 0 aliphatic carbocycles. The molecule has 0 radical (unpaired) electrons. The Bertz CT molecular complexity index is 500. The average Bonchev–Trinajstić information content (AvgIpc) is 2.81. The van der Waals surface area contributed by atoms with Gasteiger partial charge in [-0.1, -0.05) is 116 Å². The number of nitrogens with zero attached hydrogens (tertiary/aromatic N) is 1. The highest BCUT2D eigenvalue weighted by atomic mass is 28.3. The van der Waals surface area contributed by atoms with Gasteiger partial charge in [-0.05, 0) is 27.7 Å². The average molecular weight is 448 g/mol. The summed E-state index contributed by atoms with van der Waals surface area (Å²) in [6.45, 7) is 26.6. The predicted molar refractivity (Wildman–Crippen MR) is 151 cm³/mol. The molecule has 0 bridgehead atoms. The molecule has 0 saturated carbocycles. The van der Waals surface area contributed by atoms with E-state index in [9.17, 15) is 0 Å². The molecule has 1 aromatic carbocycles. The van der Waals surface area contributed by atoms with Gasteiger partial charge in [0.25, 0.3) is 0 Å². The van der Waals surface area contributed by atoms with E-state index in [2.05, 4.69) is 91.9 Å². The number of hydrogen-bond acceptors (Lipinski definition) is 0. The fourth-order valence-corrected chi connectivity index (χ4v) is 10.4. The summed E-state index contributed by atoms with van der Waals surface area (Å²) in [5.74, 6) is 0. The molecule has 0 aromatic heterocycles. The molecule has 0 fully saturated rings. The number of quaternary nitrogens is 1. The lowest BCUT2D eigenvalue weighted by Crippen LogP contribution is -2.66. The van der Waals surface area contributed by atoms with Gasteiger partial charge in [0.2, 0.25) is 0 Å². The van der Waals surface area contributed by atoms with Crippen LogP contribution in [-0.4, -0.2) is 44.3 Å². The molecule has 0 heterocycles. The molecule has 1 aromatic rings. The zero-order chi connectivity index (χ0) is 23.8. The van der Waals surface area contributed by atoms with Gasteiger partial charge in [-0.3, -0.25) is 0 Å². The molecule has 0 unspecified atom stereocenters. The minimum atomic E-state index is -1.41. The molecule has 0 atom stereocenters. The Balaban J connectivity index is 0.000000842. The zero-order valence-electron chi connectivity index (χ0n) is 23.1. The zero-order valence-corrected chi connectivity index (χ0v) is 24.1. The lowest BCUT2D eigenvalue weighted by molar-refractivity contribution is -0.921. The minimum absolute atomic E-state index is 0.208. The van der Waals surface area contributed by atoms with Crippen LogP contribution in [0, 0.1) is 0 Å². The van der Waals surface area contributed by atoms with Crippen LogP contribution < -0.4 is 5.19 Å². The van der Waals surface area contributed by atoms with Crippen molar-refractivity contribution in [1.82, 2.24) is 0 Å². The first-order valence-electron chi connectivity index (χ1n) is 13.9. The van der Waals surface area contributed by atoms with Gasteiger partial charge in [-0.25, -0.2) is 0 Å². The highest BCUT2D eigenvalue weighted by Crippen LogP contribution is 2.36. The summed E-state index contributed by atoms with van der Waals surface area (Å²) in [7, 11) is -1.41. The molecule has 31 heavy (non-hydrogen) atoms. The molecule has 0 amide bonds. The SMILES string of the molecule is CCCC[B-](CCCC)(CCCC)[Si](C)(C)c1ccccc1.CC[N+](CC)(CC)CC. The number of rotatable bonds is 15. The molecule has 0 spiro atoms. The standard InChI is InChI=1S/C20H38BSi.C8H20N/c1-6-9-17-21(18-10-7-2,19-11-8-3)22(4,5)20-15-13-12-14-16-20;1-5-9(6-2,7-3)8-4/h12-16H,6-11,17-19H2,1-5H3;5-8H2,1-4H3/q-1;+1. The Hall–Kier alpha value is -0.538. The Kier molecular flexibility index (Phi) is 15.9. The topological polar surface area (TPSA) is 0 Å². The van der Waals surface area contributed by atoms with Crippen molar-refractivity contribution in [3.05, 3.63) is 30.3 Å². The van der Waals surface area contributed by atoms with Crippen LogP contribution in [-0.2, 0) is 0 Å². The molecule has 0 saturated heterocycles. The van der Waals surface area contributed by atoms with Gasteiger partial charge in [0.05, 0.1) is 26.2 Å². The van der Waals surface area contributed by atoms with Crippen molar-refractivity contribution in [2.24, 2.45) is 0 Å². The van der Waals surface area contributed by atoms with E-state index in [4.69, 9.17) is 0 Å². The first-order chi connectivity index (χ1) is 14.8. The predicted octanol–water partition coefficient (Wildman–Crippen LogP) is 8.41. The molecule has 1 rings (SSSR count). The number of benzene rings is 1. The maximum absolute atomic E-state index is 2.67. The van der Waals surface area contributed by atoms with Gasteiger partial charge >= 0.3 is 0 Å². The second-order valence-corrected chi connectivity index (χ2v) is 15.8. The first kappa shape index (κ1) is 30.5. The van der Waals surface area contributed by atoms with E-state index in [1.807, 2.05) is 0 Å². The monoisotopic (exact) mass is 447 g/mol. The summed E-state index contributed by atoms with van der Waals surface area (Å²) >= 11 is 0. The van der Waals surface area contributed by atoms with Crippen LogP contribution in [0.1, 0.15) is 87.0 Å². The van der Waals surface area contributed by atoms with Crippen LogP contribution in [0.4, 0.5) is 0 Å². The summed E-state index contributed by atoms with van der Waals surface area (Å²) in [6.07, 6.45) is 12.8. The molecule has 0 N–H and O–H groups in total. The van der Waals surface area contributed by atoms with E-state index < -0.39 is 7.94 Å². The van der Waals surface area contributed by atoms with Gasteiger partial charge < -0.3 is 4.48 Å².